The summed E-state index contributed by atoms with van der Waals surface area (Å²) in [5, 5.41) is 3.24. The van der Waals surface area contributed by atoms with Crippen LogP contribution in [0.3, 0.4) is 0 Å². The zero-order valence-electron chi connectivity index (χ0n) is 15.7. The van der Waals surface area contributed by atoms with E-state index in [1.807, 2.05) is 31.7 Å². The third-order valence-corrected chi connectivity index (χ3v) is 6.08. The number of carbonyl (C=O) groups is 1. The third kappa shape index (κ3) is 3.16. The van der Waals surface area contributed by atoms with Crippen LogP contribution in [0.15, 0.2) is 30.7 Å². The highest BCUT2D eigenvalue weighted by Gasteiger charge is 2.32. The predicted octanol–water partition coefficient (Wildman–Crippen LogP) is 2.72. The lowest BCUT2D eigenvalue weighted by Gasteiger charge is -2.39. The number of hydrogen-bond acceptors (Lipinski definition) is 3. The summed E-state index contributed by atoms with van der Waals surface area (Å²) in [7, 11) is 4.23. The van der Waals surface area contributed by atoms with E-state index in [0.29, 0.717) is 18.5 Å². The van der Waals surface area contributed by atoms with Gasteiger partial charge in [0.05, 0.1) is 18.1 Å². The summed E-state index contributed by atoms with van der Waals surface area (Å²) in [6, 6.07) is 6.46. The molecule has 1 saturated heterocycles. The Balaban J connectivity index is 1.49. The second-order valence-electron chi connectivity index (χ2n) is 7.76. The molecule has 0 spiro atoms. The zero-order chi connectivity index (χ0) is 18.1. The summed E-state index contributed by atoms with van der Waals surface area (Å²) in [4.78, 5) is 19.5. The number of hydrogen-bond donors (Lipinski definition) is 1. The SMILES string of the molecule is CN1CCC[C@@H](CNC(=O)c2cccc3c2CCC3)[C@@H]1c1cncn1C. The number of aromatic nitrogens is 2. The largest absolute Gasteiger partial charge is 0.352 e. The van der Waals surface area contributed by atoms with Crippen LogP contribution in [0, 0.1) is 5.92 Å². The van der Waals surface area contributed by atoms with Gasteiger partial charge in [0.15, 0.2) is 0 Å². The molecule has 5 heteroatoms. The van der Waals surface area contributed by atoms with Crippen molar-refractivity contribution < 1.29 is 4.79 Å². The summed E-state index contributed by atoms with van der Waals surface area (Å²) in [5.74, 6) is 0.491. The Morgan fingerprint density at radius 2 is 2.15 bits per heavy atom. The Bertz CT molecular complexity index is 797. The second-order valence-corrected chi connectivity index (χ2v) is 7.76. The van der Waals surface area contributed by atoms with Crippen molar-refractivity contribution in [3.05, 3.63) is 53.1 Å². The minimum atomic E-state index is 0.0840. The number of piperidine rings is 1. The second kappa shape index (κ2) is 7.23. The smallest absolute Gasteiger partial charge is 0.251 e. The van der Waals surface area contributed by atoms with Crippen LogP contribution in [0.5, 0.6) is 0 Å². The molecule has 0 unspecified atom stereocenters. The van der Waals surface area contributed by atoms with Gasteiger partial charge in [-0.3, -0.25) is 9.69 Å². The first-order valence-corrected chi connectivity index (χ1v) is 9.70. The molecule has 138 valence electrons. The molecule has 5 nitrogen and oxygen atoms in total. The molecule has 1 aromatic heterocycles. The third-order valence-electron chi connectivity index (χ3n) is 6.08. The van der Waals surface area contributed by atoms with E-state index in [1.165, 1.54) is 23.2 Å². The van der Waals surface area contributed by atoms with Gasteiger partial charge in [0.2, 0.25) is 0 Å². The normalized spacial score (nSPS) is 23.0. The van der Waals surface area contributed by atoms with Crippen molar-refractivity contribution in [3.63, 3.8) is 0 Å². The molecule has 1 fully saturated rings. The van der Waals surface area contributed by atoms with E-state index < -0.39 is 0 Å². The summed E-state index contributed by atoms with van der Waals surface area (Å²) in [6.07, 6.45) is 9.43. The van der Waals surface area contributed by atoms with Crippen LogP contribution < -0.4 is 5.32 Å². The van der Waals surface area contributed by atoms with E-state index in [2.05, 4.69) is 32.9 Å². The molecule has 26 heavy (non-hydrogen) atoms. The van der Waals surface area contributed by atoms with E-state index >= 15 is 0 Å². The molecule has 0 bridgehead atoms. The molecular weight excluding hydrogens is 324 g/mol. The number of rotatable bonds is 4. The Morgan fingerprint density at radius 1 is 1.27 bits per heavy atom. The first-order valence-electron chi connectivity index (χ1n) is 9.70. The highest BCUT2D eigenvalue weighted by molar-refractivity contribution is 5.96. The van der Waals surface area contributed by atoms with Gasteiger partial charge >= 0.3 is 0 Å². The number of imidazole rings is 1. The van der Waals surface area contributed by atoms with Crippen LogP contribution in [-0.2, 0) is 19.9 Å². The predicted molar refractivity (Wildman–Crippen MR) is 102 cm³/mol. The zero-order valence-corrected chi connectivity index (χ0v) is 15.7. The average Bonchev–Trinajstić information content (AvgIpc) is 3.28. The number of aryl methyl sites for hydroxylation is 2. The molecule has 2 heterocycles. The summed E-state index contributed by atoms with van der Waals surface area (Å²) < 4.78 is 2.10. The maximum Gasteiger partial charge on any atom is 0.251 e. The Hall–Kier alpha value is -2.14. The number of nitrogens with one attached hydrogen (secondary N) is 1. The fourth-order valence-electron chi connectivity index (χ4n) is 4.74. The summed E-state index contributed by atoms with van der Waals surface area (Å²) >= 11 is 0. The van der Waals surface area contributed by atoms with Gasteiger partial charge in [-0.1, -0.05) is 12.1 Å². The van der Waals surface area contributed by atoms with E-state index in [4.69, 9.17) is 0 Å². The number of nitrogens with zero attached hydrogens (tertiary/aromatic N) is 3. The van der Waals surface area contributed by atoms with Crippen LogP contribution in [0.2, 0.25) is 0 Å². The van der Waals surface area contributed by atoms with Crippen molar-refractivity contribution >= 4 is 5.91 Å². The van der Waals surface area contributed by atoms with E-state index in [9.17, 15) is 4.79 Å². The Labute approximate surface area is 155 Å². The molecule has 2 aromatic rings. The van der Waals surface area contributed by atoms with E-state index in [0.717, 1.165) is 37.8 Å². The number of likely N-dealkylation sites (tertiary alicyclic amines) is 1. The fourth-order valence-corrected chi connectivity index (χ4v) is 4.74. The van der Waals surface area contributed by atoms with E-state index in [-0.39, 0.29) is 5.91 Å². The van der Waals surface area contributed by atoms with Gasteiger partial charge in [-0.2, -0.15) is 0 Å². The first-order chi connectivity index (χ1) is 12.6. The number of carbonyl (C=O) groups excluding carboxylic acids is 1. The van der Waals surface area contributed by atoms with Gasteiger partial charge in [-0.25, -0.2) is 4.98 Å². The van der Waals surface area contributed by atoms with Crippen molar-refractivity contribution in [2.45, 2.75) is 38.1 Å². The fraction of sp³-hybridized carbons (Fsp3) is 0.524. The lowest BCUT2D eigenvalue weighted by molar-refractivity contribution is 0.0881. The molecule has 1 aliphatic carbocycles. The maximum atomic E-state index is 12.8. The van der Waals surface area contributed by atoms with Crippen molar-refractivity contribution in [1.29, 1.82) is 0 Å². The monoisotopic (exact) mass is 352 g/mol. The molecule has 4 rings (SSSR count). The van der Waals surface area contributed by atoms with Crippen LogP contribution in [0.1, 0.15) is 52.5 Å². The number of amides is 1. The number of benzene rings is 1. The number of fused-ring (bicyclic) bond motifs is 1. The van der Waals surface area contributed by atoms with E-state index in [1.54, 1.807) is 0 Å². The van der Waals surface area contributed by atoms with Crippen molar-refractivity contribution in [3.8, 4) is 0 Å². The average molecular weight is 352 g/mol. The van der Waals surface area contributed by atoms with Crippen LogP contribution in [-0.4, -0.2) is 40.5 Å². The van der Waals surface area contributed by atoms with Crippen molar-refractivity contribution in [2.75, 3.05) is 20.1 Å². The molecule has 1 N–H and O–H groups in total. The highest BCUT2D eigenvalue weighted by Crippen LogP contribution is 2.34. The van der Waals surface area contributed by atoms with Gasteiger partial charge in [-0.05, 0) is 68.8 Å². The molecule has 2 aliphatic rings. The molecule has 1 aromatic carbocycles. The molecule has 0 saturated carbocycles. The van der Waals surface area contributed by atoms with Crippen molar-refractivity contribution in [2.24, 2.45) is 13.0 Å². The molecule has 0 radical (unpaired) electrons. The van der Waals surface area contributed by atoms with Crippen LogP contribution >= 0.6 is 0 Å². The molecular formula is C21H28N4O. The lowest BCUT2D eigenvalue weighted by Crippen LogP contribution is -2.42. The van der Waals surface area contributed by atoms with Gasteiger partial charge in [0.1, 0.15) is 0 Å². The molecule has 1 aliphatic heterocycles. The van der Waals surface area contributed by atoms with Gasteiger partial charge in [0, 0.05) is 25.4 Å². The molecule has 2 atom stereocenters. The van der Waals surface area contributed by atoms with Gasteiger partial charge < -0.3 is 9.88 Å². The quantitative estimate of drug-likeness (QED) is 0.920. The Kier molecular flexibility index (Phi) is 4.81. The first kappa shape index (κ1) is 17.3. The lowest BCUT2D eigenvalue weighted by atomic mass is 9.87. The minimum Gasteiger partial charge on any atom is -0.352 e. The van der Waals surface area contributed by atoms with Gasteiger partial charge in [-0.15, -0.1) is 0 Å². The van der Waals surface area contributed by atoms with Crippen LogP contribution in [0.4, 0.5) is 0 Å². The highest BCUT2D eigenvalue weighted by atomic mass is 16.1. The Morgan fingerprint density at radius 3 is 2.96 bits per heavy atom. The van der Waals surface area contributed by atoms with Crippen LogP contribution in [0.25, 0.3) is 0 Å². The summed E-state index contributed by atoms with van der Waals surface area (Å²) in [5.41, 5.74) is 4.71. The van der Waals surface area contributed by atoms with Gasteiger partial charge in [0.25, 0.3) is 5.91 Å². The molecule has 1 amide bonds. The summed E-state index contributed by atoms with van der Waals surface area (Å²) in [6.45, 7) is 1.80. The minimum absolute atomic E-state index is 0.0840. The topological polar surface area (TPSA) is 50.2 Å². The van der Waals surface area contributed by atoms with Crippen molar-refractivity contribution in [1.82, 2.24) is 19.8 Å². The maximum absolute atomic E-state index is 12.8. The standard InChI is InChI=1S/C21H28N4O/c1-24-11-5-8-16(20(24)19-13-22-14-25(19)2)12-23-21(26)18-10-4-7-15-6-3-9-17(15)18/h4,7,10,13-14,16,20H,3,5-6,8-9,11-12H2,1-2H3,(H,23,26)/t16-,20+/m0/s1.